The van der Waals surface area contributed by atoms with E-state index in [9.17, 15) is 20.1 Å². The van der Waals surface area contributed by atoms with E-state index in [2.05, 4.69) is 0 Å². The van der Waals surface area contributed by atoms with Crippen LogP contribution in [-0.4, -0.2) is 62.3 Å². The number of rotatable bonds is 6. The quantitative estimate of drug-likeness (QED) is 0.388. The molecule has 0 aromatic carbocycles. The molecule has 4 unspecified atom stereocenters. The minimum absolute atomic E-state index is 0.0349. The lowest BCUT2D eigenvalue weighted by Gasteiger charge is -2.26. The minimum atomic E-state index is -1.81. The zero-order valence-electron chi connectivity index (χ0n) is 10.4. The summed E-state index contributed by atoms with van der Waals surface area (Å²) in [7, 11) is 0. The SMILES string of the molecule is CC(C)(C)CC(=O)C(O)C(O)C(O)C(O)CO. The van der Waals surface area contributed by atoms with Crippen molar-refractivity contribution in [3.05, 3.63) is 0 Å². The van der Waals surface area contributed by atoms with E-state index in [-0.39, 0.29) is 11.8 Å². The number of Topliss-reactive ketones (excluding diaryl/α,β-unsaturated/α-hetero) is 1. The standard InChI is InChI=1S/C11H22O6/c1-11(2,3)4-6(13)8(15)10(17)9(16)7(14)5-12/h7-10,12,14-17H,4-5H2,1-3H3. The second-order valence-electron chi connectivity index (χ2n) is 5.38. The summed E-state index contributed by atoms with van der Waals surface area (Å²) in [6.45, 7) is 4.62. The Morgan fingerprint density at radius 3 is 1.88 bits per heavy atom. The predicted molar refractivity (Wildman–Crippen MR) is 60.2 cm³/mol. The summed E-state index contributed by atoms with van der Waals surface area (Å²) in [6.07, 6.45) is -6.91. The molecule has 6 nitrogen and oxygen atoms in total. The molecule has 0 aliphatic carbocycles. The van der Waals surface area contributed by atoms with Crippen LogP contribution in [0.15, 0.2) is 0 Å². The molecule has 0 saturated carbocycles. The fraction of sp³-hybridized carbons (Fsp3) is 0.909. The molecule has 102 valence electrons. The zero-order chi connectivity index (χ0) is 13.8. The molecule has 0 aliphatic heterocycles. The second-order valence-corrected chi connectivity index (χ2v) is 5.38. The summed E-state index contributed by atoms with van der Waals surface area (Å²) >= 11 is 0. The van der Waals surface area contributed by atoms with Crippen LogP contribution < -0.4 is 0 Å². The molecule has 0 bridgehead atoms. The third kappa shape index (κ3) is 5.56. The fourth-order valence-electron chi connectivity index (χ4n) is 1.34. The maximum atomic E-state index is 11.6. The summed E-state index contributed by atoms with van der Waals surface area (Å²) in [5.74, 6) is -0.616. The van der Waals surface area contributed by atoms with Gasteiger partial charge in [-0.1, -0.05) is 20.8 Å². The maximum Gasteiger partial charge on any atom is 0.164 e. The molecule has 0 amide bonds. The molecular weight excluding hydrogens is 228 g/mol. The highest BCUT2D eigenvalue weighted by molar-refractivity contribution is 5.84. The van der Waals surface area contributed by atoms with Gasteiger partial charge in [-0.3, -0.25) is 4.79 Å². The summed E-state index contributed by atoms with van der Waals surface area (Å²) < 4.78 is 0. The van der Waals surface area contributed by atoms with Gasteiger partial charge in [0.1, 0.15) is 24.4 Å². The molecule has 0 saturated heterocycles. The van der Waals surface area contributed by atoms with Crippen molar-refractivity contribution in [3.63, 3.8) is 0 Å². The van der Waals surface area contributed by atoms with Gasteiger partial charge in [-0.25, -0.2) is 0 Å². The summed E-state index contributed by atoms with van der Waals surface area (Å²) in [5, 5.41) is 46.0. The van der Waals surface area contributed by atoms with E-state index in [4.69, 9.17) is 10.2 Å². The van der Waals surface area contributed by atoms with Crippen LogP contribution in [0.2, 0.25) is 0 Å². The molecule has 4 atom stereocenters. The van der Waals surface area contributed by atoms with Crippen molar-refractivity contribution in [2.45, 2.75) is 51.6 Å². The molecule has 5 N–H and O–H groups in total. The Hall–Kier alpha value is -0.530. The van der Waals surface area contributed by atoms with Crippen molar-refractivity contribution in [1.29, 1.82) is 0 Å². The Bertz CT molecular complexity index is 247. The van der Waals surface area contributed by atoms with E-state index in [1.807, 2.05) is 0 Å². The molecule has 0 heterocycles. The molecule has 0 rings (SSSR count). The minimum Gasteiger partial charge on any atom is -0.394 e. The lowest BCUT2D eigenvalue weighted by molar-refractivity contribution is -0.148. The van der Waals surface area contributed by atoms with E-state index in [1.165, 1.54) is 0 Å². The van der Waals surface area contributed by atoms with E-state index in [0.29, 0.717) is 0 Å². The predicted octanol–water partition coefficient (Wildman–Crippen LogP) is -1.57. The number of hydrogen-bond donors (Lipinski definition) is 5. The zero-order valence-corrected chi connectivity index (χ0v) is 10.4. The smallest absolute Gasteiger partial charge is 0.164 e. The number of aliphatic hydroxyl groups is 5. The molecule has 0 aromatic rings. The van der Waals surface area contributed by atoms with Gasteiger partial charge in [-0.2, -0.15) is 0 Å². The monoisotopic (exact) mass is 250 g/mol. The molecule has 0 radical (unpaired) electrons. The second kappa shape index (κ2) is 6.42. The van der Waals surface area contributed by atoms with Gasteiger partial charge in [0, 0.05) is 6.42 Å². The van der Waals surface area contributed by atoms with Crippen LogP contribution in [0.5, 0.6) is 0 Å². The molecular formula is C11H22O6. The van der Waals surface area contributed by atoms with Gasteiger partial charge in [0.2, 0.25) is 0 Å². The molecule has 0 aromatic heterocycles. The van der Waals surface area contributed by atoms with Crippen molar-refractivity contribution in [1.82, 2.24) is 0 Å². The normalized spacial score (nSPS) is 19.5. The highest BCUT2D eigenvalue weighted by atomic mass is 16.4. The average molecular weight is 250 g/mol. The molecule has 17 heavy (non-hydrogen) atoms. The van der Waals surface area contributed by atoms with Crippen LogP contribution in [-0.2, 0) is 4.79 Å². The molecule has 0 fully saturated rings. The molecule has 6 heteroatoms. The van der Waals surface area contributed by atoms with Crippen LogP contribution in [0.3, 0.4) is 0 Å². The van der Waals surface area contributed by atoms with Gasteiger partial charge in [0.25, 0.3) is 0 Å². The fourth-order valence-corrected chi connectivity index (χ4v) is 1.34. The molecule has 0 aliphatic rings. The van der Waals surface area contributed by atoms with Gasteiger partial charge >= 0.3 is 0 Å². The van der Waals surface area contributed by atoms with Crippen molar-refractivity contribution >= 4 is 5.78 Å². The van der Waals surface area contributed by atoms with Crippen molar-refractivity contribution in [2.24, 2.45) is 5.41 Å². The lowest BCUT2D eigenvalue weighted by atomic mass is 9.86. The third-order valence-corrected chi connectivity index (χ3v) is 2.29. The van der Waals surface area contributed by atoms with E-state index >= 15 is 0 Å². The Balaban J connectivity index is 4.49. The first kappa shape index (κ1) is 16.5. The van der Waals surface area contributed by atoms with Crippen molar-refractivity contribution in [3.8, 4) is 0 Å². The highest BCUT2D eigenvalue weighted by Gasteiger charge is 2.35. The van der Waals surface area contributed by atoms with Crippen LogP contribution >= 0.6 is 0 Å². The first-order chi connectivity index (χ1) is 7.60. The van der Waals surface area contributed by atoms with Crippen LogP contribution in [0.1, 0.15) is 27.2 Å². The highest BCUT2D eigenvalue weighted by Crippen LogP contribution is 2.21. The largest absolute Gasteiger partial charge is 0.394 e. The van der Waals surface area contributed by atoms with Gasteiger partial charge in [0.15, 0.2) is 5.78 Å². The Morgan fingerprint density at radius 1 is 1.06 bits per heavy atom. The van der Waals surface area contributed by atoms with Gasteiger partial charge in [-0.05, 0) is 5.41 Å². The Labute approximate surface area is 101 Å². The van der Waals surface area contributed by atoms with Crippen LogP contribution in [0.25, 0.3) is 0 Å². The lowest BCUT2D eigenvalue weighted by Crippen LogP contribution is -2.49. The summed E-state index contributed by atoms with van der Waals surface area (Å²) in [5.41, 5.74) is -0.349. The molecule has 0 spiro atoms. The average Bonchev–Trinajstić information content (AvgIpc) is 2.22. The number of ketones is 1. The van der Waals surface area contributed by atoms with Crippen molar-refractivity contribution < 1.29 is 30.3 Å². The van der Waals surface area contributed by atoms with Gasteiger partial charge < -0.3 is 25.5 Å². The first-order valence-electron chi connectivity index (χ1n) is 5.46. The third-order valence-electron chi connectivity index (χ3n) is 2.29. The Kier molecular flexibility index (Phi) is 6.22. The number of carbonyl (C=O) groups is 1. The summed E-state index contributed by atoms with van der Waals surface area (Å²) in [4.78, 5) is 11.6. The van der Waals surface area contributed by atoms with Crippen LogP contribution in [0, 0.1) is 5.41 Å². The number of hydrogen-bond acceptors (Lipinski definition) is 6. The van der Waals surface area contributed by atoms with E-state index in [1.54, 1.807) is 20.8 Å². The van der Waals surface area contributed by atoms with Crippen LogP contribution in [0.4, 0.5) is 0 Å². The Morgan fingerprint density at radius 2 is 1.53 bits per heavy atom. The first-order valence-corrected chi connectivity index (χ1v) is 5.46. The van der Waals surface area contributed by atoms with E-state index in [0.717, 1.165) is 0 Å². The van der Waals surface area contributed by atoms with Crippen molar-refractivity contribution in [2.75, 3.05) is 6.61 Å². The van der Waals surface area contributed by atoms with Gasteiger partial charge in [-0.15, -0.1) is 0 Å². The number of carbonyl (C=O) groups excluding carboxylic acids is 1. The topological polar surface area (TPSA) is 118 Å². The van der Waals surface area contributed by atoms with Gasteiger partial charge in [0.05, 0.1) is 6.61 Å². The summed E-state index contributed by atoms with van der Waals surface area (Å²) in [6, 6.07) is 0. The number of aliphatic hydroxyl groups excluding tert-OH is 5. The maximum absolute atomic E-state index is 11.6. The van der Waals surface area contributed by atoms with E-state index < -0.39 is 36.8 Å².